The molecule has 0 fully saturated rings. The number of rotatable bonds is 7. The van der Waals surface area contributed by atoms with Crippen molar-refractivity contribution in [1.29, 1.82) is 0 Å². The first-order valence-corrected chi connectivity index (χ1v) is 10.6. The van der Waals surface area contributed by atoms with Gasteiger partial charge in [0.1, 0.15) is 0 Å². The highest BCUT2D eigenvalue weighted by molar-refractivity contribution is 5.80. The number of nitrogens with one attached hydrogen (secondary N) is 2. The molecular formula is C24H26N6O. The first-order chi connectivity index (χ1) is 15.2. The number of nitrogens with zero attached hydrogens (tertiary/aromatic N) is 4. The molecule has 0 aliphatic heterocycles. The van der Waals surface area contributed by atoms with Crippen LogP contribution in [0.4, 0.5) is 0 Å². The summed E-state index contributed by atoms with van der Waals surface area (Å²) in [7, 11) is 0. The van der Waals surface area contributed by atoms with Crippen LogP contribution in [0.1, 0.15) is 38.7 Å². The van der Waals surface area contributed by atoms with E-state index >= 15 is 0 Å². The van der Waals surface area contributed by atoms with Crippen molar-refractivity contribution in [3.8, 4) is 22.5 Å². The van der Waals surface area contributed by atoms with Crippen molar-refractivity contribution in [2.75, 3.05) is 0 Å². The Bertz CT molecular complexity index is 1310. The molecule has 7 heteroatoms. The highest BCUT2D eigenvalue weighted by Gasteiger charge is 2.10. The number of aromatic amines is 2. The van der Waals surface area contributed by atoms with Gasteiger partial charge in [-0.05, 0) is 40.8 Å². The topological polar surface area (TPSA) is 92.2 Å². The lowest BCUT2D eigenvalue weighted by Gasteiger charge is -2.07. The molecule has 0 unspecified atom stereocenters. The number of unbranched alkanes of at least 4 members (excludes halogenated alkanes) is 1. The smallest absolute Gasteiger partial charge is 0.274 e. The monoisotopic (exact) mass is 414 g/mol. The Morgan fingerprint density at radius 3 is 2.48 bits per heavy atom. The van der Waals surface area contributed by atoms with Crippen LogP contribution < -0.4 is 16.1 Å². The fraction of sp³-hybridized carbons (Fsp3) is 0.250. The number of benzene rings is 2. The van der Waals surface area contributed by atoms with Crippen molar-refractivity contribution < 1.29 is 0 Å². The fourth-order valence-electron chi connectivity index (χ4n) is 3.62. The number of hydrogen-bond acceptors (Lipinski definition) is 4. The van der Waals surface area contributed by atoms with Crippen LogP contribution in [0.25, 0.3) is 34.7 Å². The van der Waals surface area contributed by atoms with E-state index < -0.39 is 0 Å². The van der Waals surface area contributed by atoms with Gasteiger partial charge >= 0.3 is 0 Å². The van der Waals surface area contributed by atoms with E-state index in [1.54, 1.807) is 4.68 Å². The van der Waals surface area contributed by atoms with E-state index in [4.69, 9.17) is 0 Å². The molecule has 0 saturated heterocycles. The van der Waals surface area contributed by atoms with Crippen LogP contribution >= 0.6 is 0 Å². The molecule has 2 aromatic carbocycles. The Balaban J connectivity index is 1.73. The molecule has 4 aromatic rings. The molecule has 4 rings (SSSR count). The largest absolute Gasteiger partial charge is 0.295 e. The number of H-pyrrole nitrogens is 2. The quantitative estimate of drug-likeness (QED) is 0.486. The number of tetrazole rings is 1. The van der Waals surface area contributed by atoms with Gasteiger partial charge in [-0.25, -0.2) is 0 Å². The van der Waals surface area contributed by atoms with Gasteiger partial charge in [0.15, 0.2) is 0 Å². The molecule has 0 bridgehead atoms. The zero-order chi connectivity index (χ0) is 21.6. The van der Waals surface area contributed by atoms with Gasteiger partial charge in [-0.15, -0.1) is 10.2 Å². The lowest BCUT2D eigenvalue weighted by Crippen LogP contribution is -2.35. The third-order valence-corrected chi connectivity index (χ3v) is 5.21. The van der Waals surface area contributed by atoms with Crippen molar-refractivity contribution in [3.63, 3.8) is 0 Å². The Morgan fingerprint density at radius 1 is 1.03 bits per heavy atom. The summed E-state index contributed by atoms with van der Waals surface area (Å²) in [6.45, 7) is 4.90. The molecule has 0 aliphatic rings. The minimum Gasteiger partial charge on any atom is -0.295 e. The van der Waals surface area contributed by atoms with Crippen LogP contribution in [-0.2, 0) is 6.54 Å². The molecule has 0 saturated carbocycles. The Kier molecular flexibility index (Phi) is 6.21. The second kappa shape index (κ2) is 9.38. The van der Waals surface area contributed by atoms with Crippen molar-refractivity contribution in [2.24, 2.45) is 0 Å². The Hall–Kier alpha value is -3.74. The fourth-order valence-corrected chi connectivity index (χ4v) is 3.62. The summed E-state index contributed by atoms with van der Waals surface area (Å²) in [6.07, 6.45) is 6.90. The Labute approximate surface area is 180 Å². The zero-order valence-electron chi connectivity index (χ0n) is 17.8. The van der Waals surface area contributed by atoms with E-state index in [0.29, 0.717) is 17.6 Å². The maximum atomic E-state index is 12.9. The van der Waals surface area contributed by atoms with Gasteiger partial charge in [-0.3, -0.25) is 14.6 Å². The summed E-state index contributed by atoms with van der Waals surface area (Å²) in [4.78, 5) is 12.9. The normalized spacial score (nSPS) is 12.6. The van der Waals surface area contributed by atoms with Crippen LogP contribution in [0.15, 0.2) is 53.3 Å². The molecule has 2 aromatic heterocycles. The third kappa shape index (κ3) is 4.40. The molecule has 7 nitrogen and oxygen atoms in total. The van der Waals surface area contributed by atoms with Crippen LogP contribution in [-0.4, -0.2) is 30.4 Å². The Morgan fingerprint density at radius 2 is 1.81 bits per heavy atom. The SMILES string of the molecule is CC/C=c1\[nH]n(CCCC)c(=O)\c1=C/c1ccc(-c2ccccc2-c2nn[nH]n2)cc1. The number of hydrogen-bond donors (Lipinski definition) is 2. The van der Waals surface area contributed by atoms with E-state index in [2.05, 4.69) is 57.8 Å². The summed E-state index contributed by atoms with van der Waals surface area (Å²) in [5, 5.41) is 19.2. The summed E-state index contributed by atoms with van der Waals surface area (Å²) in [5.74, 6) is 0.561. The van der Waals surface area contributed by atoms with E-state index in [9.17, 15) is 4.79 Å². The molecule has 2 N–H and O–H groups in total. The van der Waals surface area contributed by atoms with Gasteiger partial charge in [0, 0.05) is 12.1 Å². The lowest BCUT2D eigenvalue weighted by molar-refractivity contribution is 0.553. The van der Waals surface area contributed by atoms with Crippen molar-refractivity contribution in [2.45, 2.75) is 39.7 Å². The van der Waals surface area contributed by atoms with Crippen LogP contribution in [0.2, 0.25) is 0 Å². The standard InChI is InChI=1S/C24H26N6O/c1-3-5-15-30-24(31)21(22(27-30)8-4-2)16-17-11-13-18(14-12-17)19-9-6-7-10-20(19)23-25-28-29-26-23/h6-14,16,27H,3-5,15H2,1-2H3,(H,25,26,28,29)/b21-16-,22-8-. The molecular weight excluding hydrogens is 388 g/mol. The maximum absolute atomic E-state index is 12.9. The van der Waals surface area contributed by atoms with Gasteiger partial charge in [0.25, 0.3) is 5.56 Å². The molecule has 158 valence electrons. The summed E-state index contributed by atoms with van der Waals surface area (Å²) in [6, 6.07) is 16.1. The highest BCUT2D eigenvalue weighted by Crippen LogP contribution is 2.29. The van der Waals surface area contributed by atoms with E-state index in [1.165, 1.54) is 0 Å². The molecule has 0 radical (unpaired) electrons. The number of aromatic nitrogens is 6. The minimum absolute atomic E-state index is 0.0275. The molecule has 0 amide bonds. The first-order valence-electron chi connectivity index (χ1n) is 10.6. The molecule has 2 heterocycles. The predicted molar refractivity (Wildman–Crippen MR) is 123 cm³/mol. The molecule has 31 heavy (non-hydrogen) atoms. The third-order valence-electron chi connectivity index (χ3n) is 5.21. The van der Waals surface area contributed by atoms with Crippen molar-refractivity contribution in [3.05, 3.63) is 75.0 Å². The van der Waals surface area contributed by atoms with Crippen molar-refractivity contribution >= 4 is 12.2 Å². The second-order valence-corrected chi connectivity index (χ2v) is 7.41. The van der Waals surface area contributed by atoms with Gasteiger partial charge in [-0.1, -0.05) is 74.9 Å². The maximum Gasteiger partial charge on any atom is 0.274 e. The first kappa shape index (κ1) is 20.5. The summed E-state index contributed by atoms with van der Waals surface area (Å²) in [5.41, 5.74) is 3.99. The van der Waals surface area contributed by atoms with Crippen molar-refractivity contribution in [1.82, 2.24) is 30.4 Å². The van der Waals surface area contributed by atoms with Crippen LogP contribution in [0.5, 0.6) is 0 Å². The molecule has 0 atom stereocenters. The van der Waals surface area contributed by atoms with Gasteiger partial charge in [0.05, 0.1) is 10.6 Å². The summed E-state index contributed by atoms with van der Waals surface area (Å²) < 4.78 is 1.71. The van der Waals surface area contributed by atoms with E-state index in [0.717, 1.165) is 46.9 Å². The van der Waals surface area contributed by atoms with Gasteiger partial charge in [-0.2, -0.15) is 5.21 Å². The van der Waals surface area contributed by atoms with Crippen LogP contribution in [0, 0.1) is 0 Å². The van der Waals surface area contributed by atoms with Gasteiger partial charge < -0.3 is 0 Å². The van der Waals surface area contributed by atoms with E-state index in [1.807, 2.05) is 42.5 Å². The highest BCUT2D eigenvalue weighted by atomic mass is 16.1. The van der Waals surface area contributed by atoms with Crippen LogP contribution in [0.3, 0.4) is 0 Å². The lowest BCUT2D eigenvalue weighted by atomic mass is 9.98. The average Bonchev–Trinajstić information content (AvgIpc) is 3.43. The zero-order valence-corrected chi connectivity index (χ0v) is 17.8. The van der Waals surface area contributed by atoms with Gasteiger partial charge in [0.2, 0.25) is 5.82 Å². The summed E-state index contributed by atoms with van der Waals surface area (Å²) >= 11 is 0. The average molecular weight is 415 g/mol. The molecule has 0 aliphatic carbocycles. The van der Waals surface area contributed by atoms with E-state index in [-0.39, 0.29) is 5.56 Å². The minimum atomic E-state index is 0.0275. The predicted octanol–water partition coefficient (Wildman–Crippen LogP) is 2.84. The number of aryl methyl sites for hydroxylation is 1. The molecule has 0 spiro atoms. The second-order valence-electron chi connectivity index (χ2n) is 7.41.